The third-order valence-electron chi connectivity index (χ3n) is 6.52. The smallest absolute Gasteiger partial charge is 0.269 e. The van der Waals surface area contributed by atoms with Gasteiger partial charge in [0.05, 0.1) is 22.5 Å². The van der Waals surface area contributed by atoms with Crippen molar-refractivity contribution in [3.8, 4) is 11.1 Å². The van der Waals surface area contributed by atoms with Crippen LogP contribution in [-0.2, 0) is 23.0 Å². The molecule has 0 saturated heterocycles. The molecule has 0 radical (unpaired) electrons. The second-order valence-electron chi connectivity index (χ2n) is 8.84. The van der Waals surface area contributed by atoms with Crippen molar-refractivity contribution in [2.75, 3.05) is 17.2 Å². The maximum absolute atomic E-state index is 13.7. The average molecular weight is 497 g/mol. The van der Waals surface area contributed by atoms with Crippen LogP contribution in [0.1, 0.15) is 17.1 Å². The average Bonchev–Trinajstić information content (AvgIpc) is 3.47. The zero-order valence-corrected chi connectivity index (χ0v) is 20.5. The zero-order valence-electron chi connectivity index (χ0n) is 19.7. The van der Waals surface area contributed by atoms with Crippen molar-refractivity contribution in [2.24, 2.45) is 0 Å². The molecule has 2 aromatic carbocycles. The molecule has 5 aromatic rings. The summed E-state index contributed by atoms with van der Waals surface area (Å²) >= 11 is 0. The summed E-state index contributed by atoms with van der Waals surface area (Å²) in [5.41, 5.74) is 11.0. The molecule has 0 saturated carbocycles. The van der Waals surface area contributed by atoms with E-state index in [1.807, 2.05) is 12.1 Å². The van der Waals surface area contributed by atoms with Gasteiger partial charge in [0.2, 0.25) is 0 Å². The Bertz CT molecular complexity index is 1710. The molecule has 1 aliphatic heterocycles. The third kappa shape index (κ3) is 3.68. The Kier molecular flexibility index (Phi) is 5.22. The number of anilines is 2. The van der Waals surface area contributed by atoms with Crippen LogP contribution in [0, 0.1) is 6.92 Å². The van der Waals surface area contributed by atoms with Crippen LogP contribution in [0.25, 0.3) is 22.2 Å². The van der Waals surface area contributed by atoms with E-state index in [4.69, 9.17) is 10.7 Å². The van der Waals surface area contributed by atoms with Crippen molar-refractivity contribution in [3.63, 3.8) is 0 Å². The first kappa shape index (κ1) is 22.2. The minimum atomic E-state index is -3.91. The molecule has 3 aromatic heterocycles. The Hall–Kier alpha value is -4.24. The first-order valence-electron chi connectivity index (χ1n) is 11.7. The highest BCUT2D eigenvalue weighted by atomic mass is 32.2. The number of benzene rings is 2. The molecule has 0 aliphatic carbocycles. The highest BCUT2D eigenvalue weighted by molar-refractivity contribution is 7.90. The summed E-state index contributed by atoms with van der Waals surface area (Å²) in [7, 11) is -3.91. The van der Waals surface area contributed by atoms with Crippen LogP contribution in [0.3, 0.4) is 0 Å². The fourth-order valence-electron chi connectivity index (χ4n) is 4.88. The van der Waals surface area contributed by atoms with Gasteiger partial charge in [0.1, 0.15) is 11.6 Å². The Morgan fingerprint density at radius 2 is 1.78 bits per heavy atom. The van der Waals surface area contributed by atoms with Gasteiger partial charge in [-0.15, -0.1) is 0 Å². The highest BCUT2D eigenvalue weighted by Crippen LogP contribution is 2.36. The lowest BCUT2D eigenvalue weighted by molar-refractivity contribution is 0.588. The van der Waals surface area contributed by atoms with E-state index in [0.717, 1.165) is 24.2 Å². The van der Waals surface area contributed by atoms with E-state index in [1.54, 1.807) is 55.7 Å². The fourth-order valence-corrected chi connectivity index (χ4v) is 6.21. The number of hydrogen-bond donors (Lipinski definition) is 1. The second-order valence-corrected chi connectivity index (χ2v) is 10.7. The molecule has 0 bridgehead atoms. The van der Waals surface area contributed by atoms with Crippen LogP contribution in [0.15, 0.2) is 84.0 Å². The first-order valence-corrected chi connectivity index (χ1v) is 13.1. The molecule has 8 nitrogen and oxygen atoms in total. The second kappa shape index (κ2) is 8.46. The summed E-state index contributed by atoms with van der Waals surface area (Å²) in [6.45, 7) is 3.18. The van der Waals surface area contributed by atoms with Gasteiger partial charge in [0.15, 0.2) is 5.65 Å². The number of aromatic nitrogens is 4. The number of fused-ring (bicyclic) bond motifs is 2. The summed E-state index contributed by atoms with van der Waals surface area (Å²) < 4.78 is 28.8. The highest BCUT2D eigenvalue weighted by Gasteiger charge is 2.27. The van der Waals surface area contributed by atoms with Gasteiger partial charge in [-0.2, -0.15) is 0 Å². The summed E-state index contributed by atoms with van der Waals surface area (Å²) in [5, 5.41) is 0.690. The van der Waals surface area contributed by atoms with E-state index < -0.39 is 10.0 Å². The van der Waals surface area contributed by atoms with Crippen LogP contribution >= 0.6 is 0 Å². The Balaban J connectivity index is 1.60. The zero-order chi connectivity index (χ0) is 24.9. The van der Waals surface area contributed by atoms with E-state index in [1.165, 1.54) is 15.2 Å². The molecule has 0 unspecified atom stereocenters. The minimum Gasteiger partial charge on any atom is -0.384 e. The molecule has 2 N–H and O–H groups in total. The number of nitrogens with two attached hydrogens (primary N) is 1. The summed E-state index contributed by atoms with van der Waals surface area (Å²) in [6, 6.07) is 20.3. The normalized spacial score (nSPS) is 13.3. The van der Waals surface area contributed by atoms with Crippen molar-refractivity contribution in [2.45, 2.75) is 24.8 Å². The van der Waals surface area contributed by atoms with E-state index >= 15 is 0 Å². The first-order chi connectivity index (χ1) is 17.4. The molecule has 6 rings (SSSR count). The van der Waals surface area contributed by atoms with Crippen molar-refractivity contribution < 1.29 is 8.42 Å². The maximum Gasteiger partial charge on any atom is 0.269 e. The lowest BCUT2D eigenvalue weighted by atomic mass is 10.1. The molecule has 0 atom stereocenters. The standard InChI is InChI=1S/C27H24N6O2S/c1-18-30-23(17-32-14-12-19-7-5-6-10-24(19)32)26-22(20-11-13-29-25(28)15-20)16-33(27(26)31-18)36(34,35)21-8-3-2-4-9-21/h2-11,13,15-16H,12,14,17H2,1H3,(H2,28,29). The Morgan fingerprint density at radius 3 is 2.58 bits per heavy atom. The quantitative estimate of drug-likeness (QED) is 0.389. The van der Waals surface area contributed by atoms with Crippen LogP contribution in [0.4, 0.5) is 11.5 Å². The lowest BCUT2D eigenvalue weighted by Gasteiger charge is -2.20. The van der Waals surface area contributed by atoms with Gasteiger partial charge in [-0.1, -0.05) is 36.4 Å². The number of nitrogens with zero attached hydrogens (tertiary/aromatic N) is 5. The van der Waals surface area contributed by atoms with Gasteiger partial charge < -0.3 is 10.6 Å². The van der Waals surface area contributed by atoms with Gasteiger partial charge in [0, 0.05) is 30.2 Å². The predicted octanol–water partition coefficient (Wildman–Crippen LogP) is 4.18. The van der Waals surface area contributed by atoms with E-state index in [0.29, 0.717) is 34.8 Å². The monoisotopic (exact) mass is 496 g/mol. The summed E-state index contributed by atoms with van der Waals surface area (Å²) in [5.74, 6) is 0.857. The SMILES string of the molecule is Cc1nc(CN2CCc3ccccc32)c2c(-c3ccnc(N)c3)cn(S(=O)(=O)c3ccccc3)c2n1. The number of pyridine rings is 1. The van der Waals surface area contributed by atoms with E-state index in [9.17, 15) is 8.42 Å². The van der Waals surface area contributed by atoms with Crippen molar-refractivity contribution in [3.05, 3.63) is 96.2 Å². The van der Waals surface area contributed by atoms with Gasteiger partial charge in [-0.05, 0) is 54.8 Å². The topological polar surface area (TPSA) is 107 Å². The molecular formula is C27H24N6O2S. The van der Waals surface area contributed by atoms with E-state index in [2.05, 4.69) is 33.1 Å². The van der Waals surface area contributed by atoms with Crippen molar-refractivity contribution in [1.29, 1.82) is 0 Å². The number of nitrogen functional groups attached to an aromatic ring is 1. The number of aryl methyl sites for hydroxylation is 1. The molecule has 0 fully saturated rings. The molecular weight excluding hydrogens is 472 g/mol. The summed E-state index contributed by atoms with van der Waals surface area (Å²) in [6.07, 6.45) is 4.20. The van der Waals surface area contributed by atoms with Crippen molar-refractivity contribution >= 4 is 32.6 Å². The van der Waals surface area contributed by atoms with Gasteiger partial charge in [-0.3, -0.25) is 0 Å². The Morgan fingerprint density at radius 1 is 1.00 bits per heavy atom. The van der Waals surface area contributed by atoms with Crippen molar-refractivity contribution in [1.82, 2.24) is 18.9 Å². The predicted molar refractivity (Wildman–Crippen MR) is 140 cm³/mol. The lowest BCUT2D eigenvalue weighted by Crippen LogP contribution is -2.21. The maximum atomic E-state index is 13.7. The van der Waals surface area contributed by atoms with Crippen LogP contribution in [-0.4, -0.2) is 33.9 Å². The minimum absolute atomic E-state index is 0.189. The number of para-hydroxylation sites is 1. The molecule has 0 spiro atoms. The van der Waals surface area contributed by atoms with Gasteiger partial charge >= 0.3 is 0 Å². The molecule has 36 heavy (non-hydrogen) atoms. The van der Waals surface area contributed by atoms with Crippen LogP contribution in [0.5, 0.6) is 0 Å². The van der Waals surface area contributed by atoms with Gasteiger partial charge in [-0.25, -0.2) is 27.3 Å². The third-order valence-corrected chi connectivity index (χ3v) is 8.18. The molecule has 4 heterocycles. The van der Waals surface area contributed by atoms with Gasteiger partial charge in [0.25, 0.3) is 10.0 Å². The molecule has 0 amide bonds. The summed E-state index contributed by atoms with van der Waals surface area (Å²) in [4.78, 5) is 16.0. The number of rotatable bonds is 5. The molecule has 180 valence electrons. The fraction of sp³-hybridized carbons (Fsp3) is 0.148. The number of hydrogen-bond acceptors (Lipinski definition) is 7. The van der Waals surface area contributed by atoms with Crippen LogP contribution < -0.4 is 10.6 Å². The largest absolute Gasteiger partial charge is 0.384 e. The van der Waals surface area contributed by atoms with Crippen LogP contribution in [0.2, 0.25) is 0 Å². The van der Waals surface area contributed by atoms with E-state index in [-0.39, 0.29) is 4.90 Å². The molecule has 1 aliphatic rings. The molecule has 9 heteroatoms. The Labute approximate surface area is 209 Å².